The summed E-state index contributed by atoms with van der Waals surface area (Å²) in [6.45, 7) is 2.09. The number of nitrogens with one attached hydrogen (secondary N) is 1. The molecule has 1 saturated heterocycles. The normalized spacial score (nSPS) is 26.8. The third-order valence-electron chi connectivity index (χ3n) is 2.21. The van der Waals surface area contributed by atoms with Crippen LogP contribution >= 0.6 is 23.4 Å². The first-order chi connectivity index (χ1) is 6.68. The molecular formula is C10H11ClFNS. The van der Waals surface area contributed by atoms with Gasteiger partial charge >= 0.3 is 0 Å². The Bertz CT molecular complexity index is 325. The molecule has 0 bridgehead atoms. The molecule has 2 unspecified atom stereocenters. The Hall–Kier alpha value is -0.250. The Morgan fingerprint density at radius 1 is 1.57 bits per heavy atom. The maximum atomic E-state index is 13.5. The Morgan fingerprint density at radius 2 is 2.36 bits per heavy atom. The fraction of sp³-hybridized carbons (Fsp3) is 0.400. The molecule has 0 aliphatic carbocycles. The molecule has 1 nitrogen and oxygen atoms in total. The van der Waals surface area contributed by atoms with Crippen LogP contribution in [-0.4, -0.2) is 11.8 Å². The molecule has 2 rings (SSSR count). The maximum absolute atomic E-state index is 13.5. The molecule has 14 heavy (non-hydrogen) atoms. The Kier molecular flexibility index (Phi) is 3.00. The summed E-state index contributed by atoms with van der Waals surface area (Å²) in [5, 5.41) is 3.79. The minimum absolute atomic E-state index is 0.00120. The molecule has 1 aromatic rings. The van der Waals surface area contributed by atoms with Gasteiger partial charge < -0.3 is 0 Å². The van der Waals surface area contributed by atoms with E-state index in [2.05, 4.69) is 12.2 Å². The fourth-order valence-electron chi connectivity index (χ4n) is 1.52. The maximum Gasteiger partial charge on any atom is 0.130 e. The molecule has 0 radical (unpaired) electrons. The van der Waals surface area contributed by atoms with Crippen LogP contribution in [0.1, 0.15) is 17.9 Å². The van der Waals surface area contributed by atoms with Crippen molar-refractivity contribution in [3.8, 4) is 0 Å². The highest BCUT2D eigenvalue weighted by atomic mass is 35.5. The molecule has 1 fully saturated rings. The van der Waals surface area contributed by atoms with E-state index in [1.165, 1.54) is 6.07 Å². The lowest BCUT2D eigenvalue weighted by Gasteiger charge is -2.13. The molecule has 1 aliphatic heterocycles. The van der Waals surface area contributed by atoms with Crippen molar-refractivity contribution in [2.24, 2.45) is 0 Å². The first kappa shape index (κ1) is 10.3. The highest BCUT2D eigenvalue weighted by molar-refractivity contribution is 7.99. The zero-order valence-electron chi connectivity index (χ0n) is 7.76. The second-order valence-electron chi connectivity index (χ2n) is 3.42. The zero-order valence-corrected chi connectivity index (χ0v) is 9.33. The highest BCUT2D eigenvalue weighted by Gasteiger charge is 2.26. The van der Waals surface area contributed by atoms with Crippen molar-refractivity contribution in [3.63, 3.8) is 0 Å². The van der Waals surface area contributed by atoms with Gasteiger partial charge in [0.05, 0.1) is 5.37 Å². The number of rotatable bonds is 1. The summed E-state index contributed by atoms with van der Waals surface area (Å²) in [5.41, 5.74) is 0.587. The van der Waals surface area contributed by atoms with E-state index < -0.39 is 0 Å². The number of thioether (sulfide) groups is 1. The molecule has 4 heteroatoms. The summed E-state index contributed by atoms with van der Waals surface area (Å²) >= 11 is 7.66. The van der Waals surface area contributed by atoms with Gasteiger partial charge in [0.1, 0.15) is 5.82 Å². The third kappa shape index (κ3) is 1.90. The molecule has 1 heterocycles. The summed E-state index contributed by atoms with van der Waals surface area (Å²) < 4.78 is 13.5. The number of benzene rings is 1. The summed E-state index contributed by atoms with van der Waals surface area (Å²) in [5.74, 6) is 0.770. The van der Waals surface area contributed by atoms with Gasteiger partial charge in [0.25, 0.3) is 0 Å². The number of hydrogen-bond acceptors (Lipinski definition) is 2. The van der Waals surface area contributed by atoms with Crippen LogP contribution in [0.4, 0.5) is 4.39 Å². The van der Waals surface area contributed by atoms with Crippen molar-refractivity contribution in [2.75, 3.05) is 5.75 Å². The van der Waals surface area contributed by atoms with Crippen molar-refractivity contribution in [3.05, 3.63) is 34.6 Å². The average molecular weight is 232 g/mol. The Labute approximate surface area is 92.0 Å². The van der Waals surface area contributed by atoms with Crippen LogP contribution in [0.3, 0.4) is 0 Å². The first-order valence-corrected chi connectivity index (χ1v) is 5.92. The van der Waals surface area contributed by atoms with Crippen molar-refractivity contribution in [2.45, 2.75) is 18.3 Å². The lowest BCUT2D eigenvalue weighted by atomic mass is 10.2. The lowest BCUT2D eigenvalue weighted by molar-refractivity contribution is 0.568. The van der Waals surface area contributed by atoms with Crippen molar-refractivity contribution < 1.29 is 4.39 Å². The van der Waals surface area contributed by atoms with E-state index in [4.69, 9.17) is 11.6 Å². The number of hydrogen-bond donors (Lipinski definition) is 1. The molecule has 76 valence electrons. The third-order valence-corrected chi connectivity index (χ3v) is 3.94. The minimum Gasteiger partial charge on any atom is -0.298 e. The summed E-state index contributed by atoms with van der Waals surface area (Å²) in [7, 11) is 0. The van der Waals surface area contributed by atoms with Crippen LogP contribution in [0.15, 0.2) is 18.2 Å². The van der Waals surface area contributed by atoms with Gasteiger partial charge in [-0.3, -0.25) is 5.32 Å². The van der Waals surface area contributed by atoms with Crippen molar-refractivity contribution in [1.82, 2.24) is 5.32 Å². The predicted octanol–water partition coefficient (Wildman–Crippen LogP) is 3.20. The predicted molar refractivity (Wildman–Crippen MR) is 59.2 cm³/mol. The minimum atomic E-state index is -0.225. The van der Waals surface area contributed by atoms with Gasteiger partial charge in [-0.25, -0.2) is 4.39 Å². The van der Waals surface area contributed by atoms with E-state index in [0.717, 1.165) is 5.75 Å². The van der Waals surface area contributed by atoms with Gasteiger partial charge in [-0.2, -0.15) is 0 Å². The van der Waals surface area contributed by atoms with Gasteiger partial charge in [0.15, 0.2) is 0 Å². The summed E-state index contributed by atoms with van der Waals surface area (Å²) in [4.78, 5) is 0. The van der Waals surface area contributed by atoms with E-state index in [1.807, 2.05) is 0 Å². The van der Waals surface area contributed by atoms with Crippen LogP contribution in [0.5, 0.6) is 0 Å². The Morgan fingerprint density at radius 3 is 2.93 bits per heavy atom. The van der Waals surface area contributed by atoms with E-state index in [0.29, 0.717) is 16.6 Å². The van der Waals surface area contributed by atoms with Gasteiger partial charge in [-0.1, -0.05) is 17.7 Å². The van der Waals surface area contributed by atoms with Crippen molar-refractivity contribution >= 4 is 23.4 Å². The van der Waals surface area contributed by atoms with Gasteiger partial charge in [0.2, 0.25) is 0 Å². The van der Waals surface area contributed by atoms with Gasteiger partial charge in [-0.05, 0) is 19.1 Å². The first-order valence-electron chi connectivity index (χ1n) is 4.50. The lowest BCUT2D eigenvalue weighted by Crippen LogP contribution is -2.22. The molecule has 2 atom stereocenters. The zero-order chi connectivity index (χ0) is 10.1. The monoisotopic (exact) mass is 231 g/mol. The molecule has 1 aromatic carbocycles. The smallest absolute Gasteiger partial charge is 0.130 e. The molecular weight excluding hydrogens is 221 g/mol. The highest BCUT2D eigenvalue weighted by Crippen LogP contribution is 2.37. The largest absolute Gasteiger partial charge is 0.298 e. The standard InChI is InChI=1S/C10H11ClFNS/c1-6-5-14-10(13-6)9-7(11)3-2-4-8(9)12/h2-4,6,10,13H,5H2,1H3. The second kappa shape index (κ2) is 4.09. The van der Waals surface area contributed by atoms with E-state index in [-0.39, 0.29) is 11.2 Å². The molecule has 0 spiro atoms. The SMILES string of the molecule is CC1CSC(c2c(F)cccc2Cl)N1. The van der Waals surface area contributed by atoms with Crippen LogP contribution < -0.4 is 5.32 Å². The molecule has 1 aliphatic rings. The molecule has 0 amide bonds. The Balaban J connectivity index is 2.31. The summed E-state index contributed by atoms with van der Waals surface area (Å²) in [6.07, 6.45) is 0. The summed E-state index contributed by atoms with van der Waals surface area (Å²) in [6, 6.07) is 5.22. The van der Waals surface area contributed by atoms with Crippen LogP contribution in [-0.2, 0) is 0 Å². The molecule has 0 aromatic heterocycles. The molecule has 0 saturated carbocycles. The van der Waals surface area contributed by atoms with E-state index in [1.54, 1.807) is 23.9 Å². The van der Waals surface area contributed by atoms with Crippen molar-refractivity contribution in [1.29, 1.82) is 0 Å². The van der Waals surface area contributed by atoms with Crippen LogP contribution in [0.2, 0.25) is 5.02 Å². The van der Waals surface area contributed by atoms with E-state index >= 15 is 0 Å². The van der Waals surface area contributed by atoms with Gasteiger partial charge in [0, 0.05) is 22.4 Å². The van der Waals surface area contributed by atoms with E-state index in [9.17, 15) is 4.39 Å². The fourth-order valence-corrected chi connectivity index (χ4v) is 3.17. The second-order valence-corrected chi connectivity index (χ2v) is 4.96. The van der Waals surface area contributed by atoms with Gasteiger partial charge in [-0.15, -0.1) is 11.8 Å². The van der Waals surface area contributed by atoms with Crippen LogP contribution in [0, 0.1) is 5.82 Å². The topological polar surface area (TPSA) is 12.0 Å². The quantitative estimate of drug-likeness (QED) is 0.797. The average Bonchev–Trinajstić information content (AvgIpc) is 2.51. The molecule has 1 N–H and O–H groups in total. The number of halogens is 2. The van der Waals surface area contributed by atoms with Crippen LogP contribution in [0.25, 0.3) is 0 Å².